The van der Waals surface area contributed by atoms with Crippen molar-refractivity contribution in [1.29, 1.82) is 0 Å². The molecule has 0 aliphatic rings. The van der Waals surface area contributed by atoms with Crippen LogP contribution in [-0.2, 0) is 0 Å². The molecule has 2 heterocycles. The molecule has 2 aromatic heterocycles. The van der Waals surface area contributed by atoms with E-state index in [-0.39, 0.29) is 0 Å². The van der Waals surface area contributed by atoms with Crippen LogP contribution in [0, 0.1) is 6.92 Å². The molecule has 0 spiro atoms. The number of fused-ring (bicyclic) bond motifs is 2. The lowest BCUT2D eigenvalue weighted by Crippen LogP contribution is -2.21. The second-order valence-corrected chi connectivity index (χ2v) is 4.36. The summed E-state index contributed by atoms with van der Waals surface area (Å²) in [6, 6.07) is 12.2. The highest BCUT2D eigenvalue weighted by molar-refractivity contribution is 6.35. The highest BCUT2D eigenvalue weighted by atomic mass is 35.5. The number of halogens is 1. The second kappa shape index (κ2) is 3.46. The normalized spacial score (nSPS) is 11.1. The van der Waals surface area contributed by atoms with Crippen molar-refractivity contribution in [3.63, 3.8) is 0 Å². The molecule has 0 aliphatic carbocycles. The van der Waals surface area contributed by atoms with Gasteiger partial charge >= 0.3 is 0 Å². The monoisotopic (exact) mass is 228 g/mol. The van der Waals surface area contributed by atoms with E-state index in [9.17, 15) is 0 Å². The first-order valence-corrected chi connectivity index (χ1v) is 5.63. The zero-order chi connectivity index (χ0) is 11.1. The lowest BCUT2D eigenvalue weighted by molar-refractivity contribution is -0.510. The van der Waals surface area contributed by atoms with Crippen LogP contribution in [0.25, 0.3) is 16.3 Å². The SMILES string of the molecule is Cc1c2cccc(Cl)c2c[n+]2ccccc12. The average Bonchev–Trinajstić information content (AvgIpc) is 2.31. The second-order valence-electron chi connectivity index (χ2n) is 3.95. The first-order chi connectivity index (χ1) is 7.77. The van der Waals surface area contributed by atoms with E-state index in [1.807, 2.05) is 24.4 Å². The maximum Gasteiger partial charge on any atom is 0.214 e. The molecule has 3 rings (SSSR count). The lowest BCUT2D eigenvalue weighted by atomic mass is 10.1. The van der Waals surface area contributed by atoms with Crippen LogP contribution in [0.5, 0.6) is 0 Å². The number of aryl methyl sites for hydroxylation is 1. The summed E-state index contributed by atoms with van der Waals surface area (Å²) in [5.41, 5.74) is 2.48. The Labute approximate surface area is 98.9 Å². The Morgan fingerprint density at radius 1 is 1.00 bits per heavy atom. The van der Waals surface area contributed by atoms with Gasteiger partial charge in [0, 0.05) is 17.7 Å². The molecule has 0 saturated carbocycles. The van der Waals surface area contributed by atoms with Crippen molar-refractivity contribution < 1.29 is 4.40 Å². The standard InChI is InChI=1S/C14H11ClN/c1-10-11-5-4-6-13(15)12(11)9-16-8-3-2-7-14(10)16/h2-9H,1H3/q+1. The zero-order valence-corrected chi connectivity index (χ0v) is 9.70. The molecule has 78 valence electrons. The molecule has 0 aliphatic heterocycles. The van der Waals surface area contributed by atoms with Crippen LogP contribution < -0.4 is 4.40 Å². The van der Waals surface area contributed by atoms with Crippen LogP contribution in [-0.4, -0.2) is 0 Å². The quantitative estimate of drug-likeness (QED) is 0.409. The third-order valence-corrected chi connectivity index (χ3v) is 3.33. The van der Waals surface area contributed by atoms with Crippen molar-refractivity contribution in [3.05, 3.63) is 59.4 Å². The summed E-state index contributed by atoms with van der Waals surface area (Å²) in [5.74, 6) is 0. The number of rotatable bonds is 0. The van der Waals surface area contributed by atoms with Crippen LogP contribution in [0.3, 0.4) is 0 Å². The van der Waals surface area contributed by atoms with Crippen molar-refractivity contribution >= 4 is 27.9 Å². The third kappa shape index (κ3) is 1.29. The number of nitrogens with zero attached hydrogens (tertiary/aromatic N) is 1. The predicted octanol–water partition coefficient (Wildman–Crippen LogP) is 3.54. The van der Waals surface area contributed by atoms with Gasteiger partial charge in [-0.05, 0) is 24.4 Å². The summed E-state index contributed by atoms with van der Waals surface area (Å²) >= 11 is 6.22. The molecule has 0 unspecified atom stereocenters. The fourth-order valence-corrected chi connectivity index (χ4v) is 2.38. The van der Waals surface area contributed by atoms with Crippen LogP contribution in [0.1, 0.15) is 5.56 Å². The molecule has 1 nitrogen and oxygen atoms in total. The van der Waals surface area contributed by atoms with Crippen LogP contribution in [0.2, 0.25) is 5.02 Å². The first kappa shape index (κ1) is 9.61. The van der Waals surface area contributed by atoms with Crippen molar-refractivity contribution in [2.45, 2.75) is 6.92 Å². The Bertz CT molecular complexity index is 689. The average molecular weight is 229 g/mol. The van der Waals surface area contributed by atoms with E-state index in [1.54, 1.807) is 0 Å². The summed E-state index contributed by atoms with van der Waals surface area (Å²) in [5, 5.41) is 3.13. The van der Waals surface area contributed by atoms with Gasteiger partial charge in [0.25, 0.3) is 0 Å². The first-order valence-electron chi connectivity index (χ1n) is 5.25. The number of hydrogen-bond acceptors (Lipinski definition) is 0. The van der Waals surface area contributed by atoms with Gasteiger partial charge in [-0.2, -0.15) is 4.40 Å². The number of benzene rings is 1. The Hall–Kier alpha value is -1.60. The number of hydrogen-bond donors (Lipinski definition) is 0. The molecule has 0 N–H and O–H groups in total. The number of aromatic nitrogens is 1. The third-order valence-electron chi connectivity index (χ3n) is 3.00. The molecule has 1 aromatic carbocycles. The summed E-state index contributed by atoms with van der Waals surface area (Å²) in [7, 11) is 0. The van der Waals surface area contributed by atoms with Gasteiger partial charge in [-0.15, -0.1) is 0 Å². The van der Waals surface area contributed by atoms with Crippen LogP contribution in [0.4, 0.5) is 0 Å². The highest BCUT2D eigenvalue weighted by Crippen LogP contribution is 2.25. The Morgan fingerprint density at radius 2 is 1.88 bits per heavy atom. The van der Waals surface area contributed by atoms with Crippen molar-refractivity contribution in [2.24, 2.45) is 0 Å². The van der Waals surface area contributed by atoms with Gasteiger partial charge < -0.3 is 0 Å². The van der Waals surface area contributed by atoms with E-state index in [0.29, 0.717) is 0 Å². The van der Waals surface area contributed by atoms with Gasteiger partial charge in [0.05, 0.1) is 10.4 Å². The predicted molar refractivity (Wildman–Crippen MR) is 66.9 cm³/mol. The summed E-state index contributed by atoms with van der Waals surface area (Å²) in [6.07, 6.45) is 4.13. The van der Waals surface area contributed by atoms with E-state index in [4.69, 9.17) is 11.6 Å². The highest BCUT2D eigenvalue weighted by Gasteiger charge is 2.11. The Kier molecular flexibility index (Phi) is 2.08. The summed E-state index contributed by atoms with van der Waals surface area (Å²) in [4.78, 5) is 0. The maximum absolute atomic E-state index is 6.22. The minimum absolute atomic E-state index is 0.804. The zero-order valence-electron chi connectivity index (χ0n) is 8.94. The van der Waals surface area contributed by atoms with E-state index in [1.165, 1.54) is 16.5 Å². The molecule has 16 heavy (non-hydrogen) atoms. The fourth-order valence-electron chi connectivity index (χ4n) is 2.16. The molecular formula is C14H11ClN+. The summed E-state index contributed by atoms with van der Waals surface area (Å²) < 4.78 is 2.11. The van der Waals surface area contributed by atoms with Gasteiger partial charge in [0.15, 0.2) is 12.4 Å². The van der Waals surface area contributed by atoms with E-state index < -0.39 is 0 Å². The fraction of sp³-hybridized carbons (Fsp3) is 0.0714. The van der Waals surface area contributed by atoms with E-state index in [2.05, 4.69) is 35.7 Å². The molecular weight excluding hydrogens is 218 g/mol. The van der Waals surface area contributed by atoms with Crippen molar-refractivity contribution in [2.75, 3.05) is 0 Å². The molecule has 0 bridgehead atoms. The van der Waals surface area contributed by atoms with Gasteiger partial charge in [-0.3, -0.25) is 0 Å². The maximum atomic E-state index is 6.22. The molecule has 0 saturated heterocycles. The van der Waals surface area contributed by atoms with Gasteiger partial charge in [0.2, 0.25) is 5.52 Å². The molecule has 2 heteroatoms. The Morgan fingerprint density at radius 3 is 2.75 bits per heavy atom. The molecule has 0 radical (unpaired) electrons. The van der Waals surface area contributed by atoms with E-state index >= 15 is 0 Å². The molecule has 0 atom stereocenters. The van der Waals surface area contributed by atoms with Gasteiger partial charge in [0.1, 0.15) is 0 Å². The lowest BCUT2D eigenvalue weighted by Gasteiger charge is -2.03. The molecule has 0 amide bonds. The summed E-state index contributed by atoms with van der Waals surface area (Å²) in [6.45, 7) is 2.13. The largest absolute Gasteiger partial charge is 0.214 e. The van der Waals surface area contributed by atoms with E-state index in [0.717, 1.165) is 10.4 Å². The Balaban J connectivity index is 2.61. The van der Waals surface area contributed by atoms with Crippen LogP contribution >= 0.6 is 11.6 Å². The van der Waals surface area contributed by atoms with Gasteiger partial charge in [-0.1, -0.05) is 23.7 Å². The number of pyridine rings is 2. The van der Waals surface area contributed by atoms with Crippen LogP contribution in [0.15, 0.2) is 48.8 Å². The van der Waals surface area contributed by atoms with Gasteiger partial charge in [-0.25, -0.2) is 0 Å². The smallest absolute Gasteiger partial charge is 0.166 e. The van der Waals surface area contributed by atoms with Crippen molar-refractivity contribution in [1.82, 2.24) is 0 Å². The minimum atomic E-state index is 0.804. The minimum Gasteiger partial charge on any atom is -0.166 e. The van der Waals surface area contributed by atoms with Crippen molar-refractivity contribution in [3.8, 4) is 0 Å². The molecule has 3 aromatic rings. The topological polar surface area (TPSA) is 4.10 Å². The molecule has 0 fully saturated rings.